The van der Waals surface area contributed by atoms with Crippen LogP contribution in [0.15, 0.2) is 18.2 Å². The lowest BCUT2D eigenvalue weighted by Crippen LogP contribution is -2.47. The van der Waals surface area contributed by atoms with Crippen molar-refractivity contribution >= 4 is 5.91 Å². The van der Waals surface area contributed by atoms with E-state index >= 15 is 0 Å². The van der Waals surface area contributed by atoms with Crippen LogP contribution in [0.1, 0.15) is 78.4 Å². The standard InChI is InChI=1S/C24H37FN2O2.H2/c1-5-29-17-22(28)26-21-8-9-24(20-16-18(25)6-7-19(20)21)11-14-27(15-12-24)13-10-23(2,3)4;/h6-7,16,21H,5,8-15,17H2,1-4H3,(H,26,28);1H/t21-;/m1./s1. The van der Waals surface area contributed by atoms with E-state index < -0.39 is 0 Å². The highest BCUT2D eigenvalue weighted by molar-refractivity contribution is 5.77. The van der Waals surface area contributed by atoms with Gasteiger partial charge in [0.1, 0.15) is 12.4 Å². The summed E-state index contributed by atoms with van der Waals surface area (Å²) in [5.74, 6) is -0.278. The molecule has 5 heteroatoms. The zero-order valence-corrected chi connectivity index (χ0v) is 18.5. The molecule has 0 aromatic heterocycles. The van der Waals surface area contributed by atoms with Crippen molar-refractivity contribution in [2.24, 2.45) is 5.41 Å². The molecule has 0 radical (unpaired) electrons. The Morgan fingerprint density at radius 2 is 2.03 bits per heavy atom. The van der Waals surface area contributed by atoms with Crippen LogP contribution < -0.4 is 5.32 Å². The van der Waals surface area contributed by atoms with Gasteiger partial charge in [-0.25, -0.2) is 4.39 Å². The second-order valence-corrected chi connectivity index (χ2v) is 9.96. The van der Waals surface area contributed by atoms with Crippen LogP contribution in [0, 0.1) is 11.2 Å². The Balaban J connectivity index is 0.00000320. The second-order valence-electron chi connectivity index (χ2n) is 9.96. The van der Waals surface area contributed by atoms with E-state index in [0.717, 1.165) is 56.4 Å². The predicted molar refractivity (Wildman–Crippen MR) is 117 cm³/mol. The van der Waals surface area contributed by atoms with Crippen LogP contribution in [-0.2, 0) is 14.9 Å². The summed E-state index contributed by atoms with van der Waals surface area (Å²) in [5.41, 5.74) is 2.59. The van der Waals surface area contributed by atoms with Crippen LogP contribution in [0.3, 0.4) is 0 Å². The molecule has 29 heavy (non-hydrogen) atoms. The highest BCUT2D eigenvalue weighted by Crippen LogP contribution is 2.48. The number of ether oxygens (including phenoxy) is 1. The van der Waals surface area contributed by atoms with Crippen molar-refractivity contribution in [2.45, 2.75) is 71.3 Å². The van der Waals surface area contributed by atoms with Crippen molar-refractivity contribution in [1.29, 1.82) is 0 Å². The van der Waals surface area contributed by atoms with Gasteiger partial charge in [-0.15, -0.1) is 0 Å². The SMILES string of the molecule is CCOCC(=O)N[C@@H]1CCC2(CCN(CCC(C)(C)C)CC2)c2cc(F)ccc21.[HH]. The monoisotopic (exact) mass is 406 g/mol. The normalized spacial score (nSPS) is 21.8. The zero-order valence-electron chi connectivity index (χ0n) is 18.5. The van der Waals surface area contributed by atoms with Gasteiger partial charge in [0.15, 0.2) is 0 Å². The molecule has 0 saturated carbocycles. The van der Waals surface area contributed by atoms with Gasteiger partial charge in [-0.05, 0) is 92.8 Å². The maximum atomic E-state index is 14.2. The number of hydrogen-bond donors (Lipinski definition) is 1. The Kier molecular flexibility index (Phi) is 7.00. The summed E-state index contributed by atoms with van der Waals surface area (Å²) in [6, 6.07) is 5.07. The van der Waals surface area contributed by atoms with Crippen molar-refractivity contribution in [2.75, 3.05) is 32.8 Å². The fraction of sp³-hybridized carbons (Fsp3) is 0.708. The lowest BCUT2D eigenvalue weighted by molar-refractivity contribution is -0.126. The first-order chi connectivity index (χ1) is 13.7. The number of hydrogen-bond acceptors (Lipinski definition) is 3. The number of nitrogens with one attached hydrogen (secondary N) is 1. The number of likely N-dealkylation sites (tertiary alicyclic amines) is 1. The first-order valence-corrected chi connectivity index (χ1v) is 11.1. The van der Waals surface area contributed by atoms with E-state index in [0.29, 0.717) is 12.0 Å². The van der Waals surface area contributed by atoms with Crippen LogP contribution in [0.5, 0.6) is 0 Å². The minimum Gasteiger partial charge on any atom is -0.372 e. The molecule has 0 bridgehead atoms. The third-order valence-corrected chi connectivity index (χ3v) is 6.64. The summed E-state index contributed by atoms with van der Waals surface area (Å²) in [6.07, 6.45) is 5.22. The van der Waals surface area contributed by atoms with E-state index in [2.05, 4.69) is 31.0 Å². The first kappa shape index (κ1) is 22.2. The number of piperidine rings is 1. The van der Waals surface area contributed by atoms with Gasteiger partial charge in [-0.1, -0.05) is 26.8 Å². The lowest BCUT2D eigenvalue weighted by Gasteiger charge is -2.47. The Labute approximate surface area is 176 Å². The van der Waals surface area contributed by atoms with E-state index in [1.54, 1.807) is 6.07 Å². The van der Waals surface area contributed by atoms with Gasteiger partial charge in [-0.2, -0.15) is 0 Å². The Morgan fingerprint density at radius 1 is 1.31 bits per heavy atom. The number of rotatable bonds is 6. The average molecular weight is 407 g/mol. The van der Waals surface area contributed by atoms with Gasteiger partial charge in [-0.3, -0.25) is 4.79 Å². The number of amides is 1. The van der Waals surface area contributed by atoms with Crippen LogP contribution in [0.2, 0.25) is 0 Å². The lowest BCUT2D eigenvalue weighted by atomic mass is 9.63. The molecule has 1 aromatic rings. The molecular weight excluding hydrogens is 367 g/mol. The number of halogens is 1. The second kappa shape index (κ2) is 9.13. The average Bonchev–Trinajstić information content (AvgIpc) is 2.68. The smallest absolute Gasteiger partial charge is 0.246 e. The van der Waals surface area contributed by atoms with Crippen LogP contribution in [-0.4, -0.2) is 43.7 Å². The van der Waals surface area contributed by atoms with Crippen LogP contribution >= 0.6 is 0 Å². The van der Waals surface area contributed by atoms with E-state index in [9.17, 15) is 9.18 Å². The van der Waals surface area contributed by atoms with E-state index in [4.69, 9.17) is 4.74 Å². The summed E-state index contributed by atoms with van der Waals surface area (Å²) in [4.78, 5) is 14.8. The molecule has 1 spiro atoms. The zero-order chi connectivity index (χ0) is 21.1. The third kappa shape index (κ3) is 5.58. The highest BCUT2D eigenvalue weighted by Gasteiger charge is 2.42. The predicted octanol–water partition coefficient (Wildman–Crippen LogP) is 4.83. The third-order valence-electron chi connectivity index (χ3n) is 6.64. The fourth-order valence-electron chi connectivity index (χ4n) is 4.80. The number of carbonyl (C=O) groups is 1. The van der Waals surface area contributed by atoms with Gasteiger partial charge >= 0.3 is 0 Å². The van der Waals surface area contributed by atoms with Gasteiger partial charge in [0.05, 0.1) is 6.04 Å². The fourth-order valence-corrected chi connectivity index (χ4v) is 4.80. The molecule has 1 N–H and O–H groups in total. The van der Waals surface area contributed by atoms with E-state index in [1.807, 2.05) is 13.0 Å². The van der Waals surface area contributed by atoms with Crippen LogP contribution in [0.4, 0.5) is 4.39 Å². The molecule has 1 saturated heterocycles. The molecular formula is C24H39FN2O2. The van der Waals surface area contributed by atoms with Crippen molar-refractivity contribution in [3.8, 4) is 0 Å². The largest absolute Gasteiger partial charge is 0.372 e. The number of carbonyl (C=O) groups excluding carboxylic acids is 1. The molecule has 1 heterocycles. The summed E-state index contributed by atoms with van der Waals surface area (Å²) < 4.78 is 19.4. The number of fused-ring (bicyclic) bond motifs is 2. The molecule has 1 atom stereocenters. The Bertz CT molecular complexity index is 712. The first-order valence-electron chi connectivity index (χ1n) is 11.1. The minimum atomic E-state index is -0.181. The Morgan fingerprint density at radius 3 is 2.69 bits per heavy atom. The molecule has 1 fully saturated rings. The van der Waals surface area contributed by atoms with Gasteiger partial charge < -0.3 is 15.0 Å². The van der Waals surface area contributed by atoms with Crippen molar-refractivity contribution in [3.63, 3.8) is 0 Å². The van der Waals surface area contributed by atoms with Gasteiger partial charge in [0, 0.05) is 8.03 Å². The molecule has 0 unspecified atom stereocenters. The molecule has 1 aliphatic carbocycles. The maximum absolute atomic E-state index is 14.2. The Hall–Kier alpha value is -1.46. The maximum Gasteiger partial charge on any atom is 0.246 e. The summed E-state index contributed by atoms with van der Waals surface area (Å²) >= 11 is 0. The summed E-state index contributed by atoms with van der Waals surface area (Å²) in [5, 5.41) is 3.10. The number of nitrogens with zero attached hydrogens (tertiary/aromatic N) is 1. The number of benzene rings is 1. The van der Waals surface area contributed by atoms with E-state index in [1.165, 1.54) is 12.5 Å². The molecule has 164 valence electrons. The quantitative estimate of drug-likeness (QED) is 0.736. The highest BCUT2D eigenvalue weighted by atomic mass is 19.1. The topological polar surface area (TPSA) is 41.6 Å². The molecule has 1 amide bonds. The van der Waals surface area contributed by atoms with Crippen molar-refractivity contribution in [1.82, 2.24) is 10.2 Å². The van der Waals surface area contributed by atoms with Crippen LogP contribution in [0.25, 0.3) is 0 Å². The summed E-state index contributed by atoms with van der Waals surface area (Å²) in [6.45, 7) is 12.6. The van der Waals surface area contributed by atoms with Crippen molar-refractivity contribution in [3.05, 3.63) is 35.1 Å². The molecule has 1 aliphatic heterocycles. The minimum absolute atomic E-state index is 0. The van der Waals surface area contributed by atoms with Gasteiger partial charge in [0.2, 0.25) is 5.91 Å². The molecule has 4 nitrogen and oxygen atoms in total. The summed E-state index contributed by atoms with van der Waals surface area (Å²) in [7, 11) is 0. The molecule has 1 aromatic carbocycles. The van der Waals surface area contributed by atoms with Gasteiger partial charge in [0.25, 0.3) is 0 Å². The molecule has 3 rings (SSSR count). The van der Waals surface area contributed by atoms with Crippen molar-refractivity contribution < 1.29 is 15.3 Å². The van der Waals surface area contributed by atoms with E-state index in [-0.39, 0.29) is 31.2 Å². The molecule has 2 aliphatic rings.